The van der Waals surface area contributed by atoms with Crippen molar-refractivity contribution in [3.63, 3.8) is 0 Å². The molecule has 1 N–H and O–H groups in total. The minimum atomic E-state index is -0.201. The van der Waals surface area contributed by atoms with E-state index in [1.54, 1.807) is 18.3 Å². The van der Waals surface area contributed by atoms with E-state index in [4.69, 9.17) is 0 Å². The van der Waals surface area contributed by atoms with Crippen molar-refractivity contribution in [2.75, 3.05) is 0 Å². The van der Waals surface area contributed by atoms with Crippen LogP contribution in [0.1, 0.15) is 0 Å². The van der Waals surface area contributed by atoms with Crippen LogP contribution in [-0.4, -0.2) is 9.55 Å². The van der Waals surface area contributed by atoms with Gasteiger partial charge in [0.15, 0.2) is 0 Å². The first-order valence-electron chi connectivity index (χ1n) is 6.97. The summed E-state index contributed by atoms with van der Waals surface area (Å²) >= 11 is 0. The number of fused-ring (bicyclic) bond motifs is 2. The van der Waals surface area contributed by atoms with E-state index in [9.17, 15) is 9.59 Å². The Kier molecular flexibility index (Phi) is 2.69. The first-order valence-corrected chi connectivity index (χ1v) is 6.97. The highest BCUT2D eigenvalue weighted by Crippen LogP contribution is 2.14. The number of nitrogens with one attached hydrogen (secondary N) is 1. The van der Waals surface area contributed by atoms with Gasteiger partial charge >= 0.3 is 0 Å². The Morgan fingerprint density at radius 2 is 1.45 bits per heavy atom. The van der Waals surface area contributed by atoms with Crippen molar-refractivity contribution in [2.45, 2.75) is 0 Å². The number of benzene rings is 2. The predicted molar refractivity (Wildman–Crippen MR) is 87.7 cm³/mol. The van der Waals surface area contributed by atoms with Gasteiger partial charge in [0, 0.05) is 17.0 Å². The van der Waals surface area contributed by atoms with Crippen molar-refractivity contribution in [3.8, 4) is 5.82 Å². The maximum absolute atomic E-state index is 12.6. The van der Waals surface area contributed by atoms with Gasteiger partial charge in [0.1, 0.15) is 5.82 Å². The van der Waals surface area contributed by atoms with Crippen molar-refractivity contribution in [1.82, 2.24) is 9.55 Å². The summed E-state index contributed by atoms with van der Waals surface area (Å²) in [5.41, 5.74) is -0.350. The molecule has 0 amide bonds. The summed E-state index contributed by atoms with van der Waals surface area (Å²) in [5, 5.41) is 2.92. The molecule has 0 aliphatic heterocycles. The van der Waals surface area contributed by atoms with Crippen molar-refractivity contribution in [2.24, 2.45) is 0 Å². The highest BCUT2D eigenvalue weighted by Gasteiger charge is 2.07. The van der Waals surface area contributed by atoms with Gasteiger partial charge in [-0.3, -0.25) is 14.2 Å². The van der Waals surface area contributed by atoms with Gasteiger partial charge in [-0.15, -0.1) is 0 Å². The van der Waals surface area contributed by atoms with Crippen molar-refractivity contribution < 1.29 is 0 Å². The summed E-state index contributed by atoms with van der Waals surface area (Å²) in [5.74, 6) is 0.472. The fourth-order valence-electron chi connectivity index (χ4n) is 2.71. The fraction of sp³-hybridized carbons (Fsp3) is 0. The van der Waals surface area contributed by atoms with Crippen LogP contribution < -0.4 is 11.1 Å². The van der Waals surface area contributed by atoms with E-state index in [2.05, 4.69) is 4.98 Å². The Morgan fingerprint density at radius 3 is 2.27 bits per heavy atom. The molecule has 4 heteroatoms. The lowest BCUT2D eigenvalue weighted by atomic mass is 10.1. The zero-order valence-electron chi connectivity index (χ0n) is 11.6. The number of nitrogens with zero attached hydrogens (tertiary/aromatic N) is 1. The van der Waals surface area contributed by atoms with E-state index in [0.29, 0.717) is 16.6 Å². The van der Waals surface area contributed by atoms with Gasteiger partial charge in [-0.05, 0) is 35.0 Å². The molecular weight excluding hydrogens is 276 g/mol. The second-order valence-corrected chi connectivity index (χ2v) is 5.15. The molecule has 0 saturated carbocycles. The molecule has 22 heavy (non-hydrogen) atoms. The summed E-state index contributed by atoms with van der Waals surface area (Å²) in [6.07, 6.45) is 1.69. The van der Waals surface area contributed by atoms with Crippen LogP contribution in [0, 0.1) is 0 Å². The minimum absolute atomic E-state index is 0.149. The predicted octanol–water partition coefficient (Wildman–Crippen LogP) is 2.83. The SMILES string of the molecule is O=c1[nH]c(-n2ccc3ccccc3c2=O)cc2ccccc12. The lowest BCUT2D eigenvalue weighted by Gasteiger charge is -2.08. The highest BCUT2D eigenvalue weighted by molar-refractivity contribution is 5.84. The van der Waals surface area contributed by atoms with Crippen LogP contribution in [0.25, 0.3) is 27.4 Å². The van der Waals surface area contributed by atoms with Crippen LogP contribution in [0.2, 0.25) is 0 Å². The van der Waals surface area contributed by atoms with E-state index < -0.39 is 0 Å². The molecule has 2 heterocycles. The molecule has 0 atom stereocenters. The van der Waals surface area contributed by atoms with Gasteiger partial charge in [0.25, 0.3) is 11.1 Å². The molecule has 106 valence electrons. The third kappa shape index (κ3) is 1.85. The molecule has 0 spiro atoms. The second-order valence-electron chi connectivity index (χ2n) is 5.15. The van der Waals surface area contributed by atoms with Gasteiger partial charge in [0.05, 0.1) is 0 Å². The third-order valence-electron chi connectivity index (χ3n) is 3.81. The number of pyridine rings is 2. The Bertz CT molecular complexity index is 1120. The molecule has 0 unspecified atom stereocenters. The first kappa shape index (κ1) is 12.6. The lowest BCUT2D eigenvalue weighted by Crippen LogP contribution is -2.21. The maximum atomic E-state index is 12.6. The van der Waals surface area contributed by atoms with Gasteiger partial charge in [-0.25, -0.2) is 0 Å². The summed E-state index contributed by atoms with van der Waals surface area (Å²) < 4.78 is 1.47. The Labute approximate surface area is 125 Å². The van der Waals surface area contributed by atoms with Crippen LogP contribution in [0.5, 0.6) is 0 Å². The largest absolute Gasteiger partial charge is 0.308 e. The third-order valence-corrected chi connectivity index (χ3v) is 3.81. The molecule has 0 saturated heterocycles. The molecule has 4 rings (SSSR count). The highest BCUT2D eigenvalue weighted by atomic mass is 16.1. The summed E-state index contributed by atoms with van der Waals surface area (Å²) in [7, 11) is 0. The molecule has 4 aromatic rings. The molecule has 0 bridgehead atoms. The molecule has 0 aliphatic rings. The number of H-pyrrole nitrogens is 1. The first-order chi connectivity index (χ1) is 10.7. The molecule has 0 fully saturated rings. The number of hydrogen-bond acceptors (Lipinski definition) is 2. The fourth-order valence-corrected chi connectivity index (χ4v) is 2.71. The molecular formula is C18H12N2O2. The lowest BCUT2D eigenvalue weighted by molar-refractivity contribution is 0.950. The Morgan fingerprint density at radius 1 is 0.773 bits per heavy atom. The Hall–Kier alpha value is -3.14. The average Bonchev–Trinajstić information content (AvgIpc) is 2.55. The van der Waals surface area contributed by atoms with Crippen LogP contribution in [-0.2, 0) is 0 Å². The van der Waals surface area contributed by atoms with Crippen LogP contribution in [0.4, 0.5) is 0 Å². The van der Waals surface area contributed by atoms with Crippen LogP contribution >= 0.6 is 0 Å². The van der Waals surface area contributed by atoms with Crippen molar-refractivity contribution in [3.05, 3.63) is 87.6 Å². The van der Waals surface area contributed by atoms with E-state index in [0.717, 1.165) is 10.8 Å². The van der Waals surface area contributed by atoms with Gasteiger partial charge in [-0.2, -0.15) is 0 Å². The van der Waals surface area contributed by atoms with E-state index >= 15 is 0 Å². The molecule has 0 radical (unpaired) electrons. The number of hydrogen-bond donors (Lipinski definition) is 1. The van der Waals surface area contributed by atoms with E-state index in [1.807, 2.05) is 48.5 Å². The van der Waals surface area contributed by atoms with E-state index in [1.165, 1.54) is 4.57 Å². The molecule has 0 aliphatic carbocycles. The molecule has 4 nitrogen and oxygen atoms in total. The number of aromatic nitrogens is 2. The van der Waals surface area contributed by atoms with Gasteiger partial charge in [-0.1, -0.05) is 36.4 Å². The van der Waals surface area contributed by atoms with Crippen molar-refractivity contribution >= 4 is 21.5 Å². The van der Waals surface area contributed by atoms with Gasteiger partial charge in [0.2, 0.25) is 0 Å². The maximum Gasteiger partial charge on any atom is 0.264 e. The normalized spacial score (nSPS) is 11.1. The second kappa shape index (κ2) is 4.70. The summed E-state index contributed by atoms with van der Waals surface area (Å²) in [6, 6.07) is 18.4. The monoisotopic (exact) mass is 288 g/mol. The number of rotatable bonds is 1. The van der Waals surface area contributed by atoms with Crippen LogP contribution in [0.15, 0.2) is 76.4 Å². The standard InChI is InChI=1S/C18H12N2O2/c21-17-14-7-3-2-6-13(14)11-16(19-17)20-10-9-12-5-1-4-8-15(12)18(20)22/h1-11H,(H,19,21). The molecule has 2 aromatic heterocycles. The average molecular weight is 288 g/mol. The smallest absolute Gasteiger partial charge is 0.264 e. The number of aromatic amines is 1. The quantitative estimate of drug-likeness (QED) is 0.585. The van der Waals surface area contributed by atoms with E-state index in [-0.39, 0.29) is 11.1 Å². The zero-order chi connectivity index (χ0) is 15.1. The van der Waals surface area contributed by atoms with Gasteiger partial charge < -0.3 is 4.98 Å². The Balaban J connectivity index is 2.05. The topological polar surface area (TPSA) is 54.9 Å². The minimum Gasteiger partial charge on any atom is -0.308 e. The summed E-state index contributed by atoms with van der Waals surface area (Å²) in [4.78, 5) is 27.6. The molecule has 2 aromatic carbocycles. The van der Waals surface area contributed by atoms with Crippen LogP contribution in [0.3, 0.4) is 0 Å². The zero-order valence-corrected chi connectivity index (χ0v) is 11.6. The summed E-state index contributed by atoms with van der Waals surface area (Å²) in [6.45, 7) is 0. The van der Waals surface area contributed by atoms with Crippen molar-refractivity contribution in [1.29, 1.82) is 0 Å².